The Morgan fingerprint density at radius 3 is 2.59 bits per heavy atom. The standard InChI is InChI=1S/C20H24Cl3N5O4/c1-2-32-20(29)14-5-8-26(9-6-14)16(18(22)23)17(28(30)31)19-24-7-10-27(19)12-13-3-4-15(21)25-11-13/h3-4,11,14,24H,2,5-10,12H2,1H3/b19-17+. The van der Waals surface area contributed by atoms with Gasteiger partial charge in [-0.15, -0.1) is 0 Å². The van der Waals surface area contributed by atoms with Crippen molar-refractivity contribution in [1.29, 1.82) is 0 Å². The number of hydrogen-bond acceptors (Lipinski definition) is 8. The topological polar surface area (TPSA) is 101 Å². The Morgan fingerprint density at radius 1 is 1.31 bits per heavy atom. The number of nitrogens with one attached hydrogen (secondary N) is 1. The van der Waals surface area contributed by atoms with E-state index in [9.17, 15) is 14.9 Å². The maximum absolute atomic E-state index is 12.2. The van der Waals surface area contributed by atoms with Crippen molar-refractivity contribution in [3.05, 3.63) is 60.9 Å². The summed E-state index contributed by atoms with van der Waals surface area (Å²) < 4.78 is 4.91. The molecule has 1 aromatic heterocycles. The molecule has 0 radical (unpaired) electrons. The van der Waals surface area contributed by atoms with E-state index in [0.717, 1.165) is 5.56 Å². The third-order valence-corrected chi connectivity index (χ3v) is 5.98. The first-order valence-corrected chi connectivity index (χ1v) is 11.4. The van der Waals surface area contributed by atoms with Gasteiger partial charge >= 0.3 is 11.7 Å². The van der Waals surface area contributed by atoms with E-state index in [-0.39, 0.29) is 27.8 Å². The van der Waals surface area contributed by atoms with Crippen LogP contribution in [-0.2, 0) is 16.1 Å². The number of esters is 1. The highest BCUT2D eigenvalue weighted by molar-refractivity contribution is 6.56. The molecule has 1 N–H and O–H groups in total. The van der Waals surface area contributed by atoms with Crippen LogP contribution >= 0.6 is 34.8 Å². The molecule has 0 amide bonds. The average molecular weight is 505 g/mol. The zero-order chi connectivity index (χ0) is 23.3. The molecule has 12 heteroatoms. The number of rotatable bonds is 7. The largest absolute Gasteiger partial charge is 0.466 e. The van der Waals surface area contributed by atoms with Crippen LogP contribution in [0.5, 0.6) is 0 Å². The molecule has 3 rings (SSSR count). The number of pyridine rings is 1. The van der Waals surface area contributed by atoms with E-state index in [1.165, 1.54) is 0 Å². The van der Waals surface area contributed by atoms with Crippen molar-refractivity contribution < 1.29 is 14.5 Å². The van der Waals surface area contributed by atoms with Gasteiger partial charge in [-0.2, -0.15) is 0 Å². The quantitative estimate of drug-likeness (QED) is 0.261. The van der Waals surface area contributed by atoms with Crippen molar-refractivity contribution in [3.8, 4) is 0 Å². The maximum Gasteiger partial charge on any atom is 0.334 e. The van der Waals surface area contributed by atoms with Gasteiger partial charge < -0.3 is 19.9 Å². The van der Waals surface area contributed by atoms with Crippen molar-refractivity contribution >= 4 is 40.8 Å². The van der Waals surface area contributed by atoms with Crippen molar-refractivity contribution in [3.63, 3.8) is 0 Å². The molecule has 1 aromatic rings. The van der Waals surface area contributed by atoms with Crippen LogP contribution in [0, 0.1) is 16.0 Å². The van der Waals surface area contributed by atoms with Gasteiger partial charge in [0.05, 0.1) is 17.4 Å². The van der Waals surface area contributed by atoms with Crippen LogP contribution in [-0.4, -0.2) is 58.5 Å². The Labute approximate surface area is 201 Å². The Kier molecular flexibility index (Phi) is 8.44. The number of carbonyl (C=O) groups excluding carboxylic acids is 1. The second-order valence-electron chi connectivity index (χ2n) is 7.41. The predicted octanol–water partition coefficient (Wildman–Crippen LogP) is 3.51. The predicted molar refractivity (Wildman–Crippen MR) is 121 cm³/mol. The first-order valence-electron chi connectivity index (χ1n) is 10.3. The summed E-state index contributed by atoms with van der Waals surface area (Å²) in [6.45, 7) is 4.37. The number of halogens is 3. The summed E-state index contributed by atoms with van der Waals surface area (Å²) in [5.74, 6) is -0.152. The Bertz CT molecular complexity index is 910. The molecule has 32 heavy (non-hydrogen) atoms. The summed E-state index contributed by atoms with van der Waals surface area (Å²) in [4.78, 5) is 31.4. The van der Waals surface area contributed by atoms with Gasteiger partial charge in [-0.1, -0.05) is 40.9 Å². The summed E-state index contributed by atoms with van der Waals surface area (Å²) in [6.07, 6.45) is 2.63. The molecule has 2 aliphatic heterocycles. The number of aromatic nitrogens is 1. The van der Waals surface area contributed by atoms with E-state index < -0.39 is 4.92 Å². The molecular weight excluding hydrogens is 481 g/mol. The van der Waals surface area contributed by atoms with Gasteiger partial charge in [-0.05, 0) is 31.4 Å². The van der Waals surface area contributed by atoms with Gasteiger partial charge in [0, 0.05) is 38.9 Å². The molecule has 2 saturated heterocycles. The molecule has 0 saturated carbocycles. The van der Waals surface area contributed by atoms with Crippen molar-refractivity contribution in [2.75, 3.05) is 32.8 Å². The number of nitro groups is 1. The van der Waals surface area contributed by atoms with Gasteiger partial charge in [0.2, 0.25) is 0 Å². The number of likely N-dealkylation sites (tertiary alicyclic amines) is 1. The molecule has 2 fully saturated rings. The van der Waals surface area contributed by atoms with E-state index in [2.05, 4.69) is 10.3 Å². The highest BCUT2D eigenvalue weighted by Crippen LogP contribution is 2.33. The van der Waals surface area contributed by atoms with Crippen LogP contribution in [0.15, 0.2) is 40.0 Å². The molecule has 2 aliphatic rings. The van der Waals surface area contributed by atoms with Gasteiger partial charge in [-0.3, -0.25) is 14.9 Å². The summed E-state index contributed by atoms with van der Waals surface area (Å²) in [7, 11) is 0. The van der Waals surface area contributed by atoms with Crippen LogP contribution in [0.2, 0.25) is 5.15 Å². The van der Waals surface area contributed by atoms with Crippen molar-refractivity contribution in [2.45, 2.75) is 26.3 Å². The monoisotopic (exact) mass is 503 g/mol. The van der Waals surface area contributed by atoms with E-state index in [0.29, 0.717) is 63.1 Å². The Hall–Kier alpha value is -2.23. The SMILES string of the molecule is CCOC(=O)C1CCN(C(=C(Cl)Cl)/C(=C2/NCCN2Cc2ccc(Cl)nc2)[N+](=O)[O-])CC1. The molecule has 0 aromatic carbocycles. The number of nitrogens with zero attached hydrogens (tertiary/aromatic N) is 4. The highest BCUT2D eigenvalue weighted by Gasteiger charge is 2.37. The average Bonchev–Trinajstić information content (AvgIpc) is 3.20. The first-order chi connectivity index (χ1) is 15.3. The van der Waals surface area contributed by atoms with Crippen molar-refractivity contribution in [1.82, 2.24) is 20.1 Å². The minimum Gasteiger partial charge on any atom is -0.466 e. The van der Waals surface area contributed by atoms with Crippen LogP contribution in [0.25, 0.3) is 0 Å². The lowest BCUT2D eigenvalue weighted by atomic mass is 9.96. The minimum atomic E-state index is -0.474. The van der Waals surface area contributed by atoms with E-state index >= 15 is 0 Å². The molecule has 0 bridgehead atoms. The smallest absolute Gasteiger partial charge is 0.334 e. The lowest BCUT2D eigenvalue weighted by Crippen LogP contribution is -2.39. The normalized spacial score (nSPS) is 18.2. The second-order valence-corrected chi connectivity index (χ2v) is 8.75. The van der Waals surface area contributed by atoms with E-state index in [1.54, 1.807) is 24.1 Å². The van der Waals surface area contributed by atoms with Crippen LogP contribution < -0.4 is 5.32 Å². The van der Waals surface area contributed by atoms with Gasteiger partial charge in [-0.25, -0.2) is 4.98 Å². The minimum absolute atomic E-state index is 0.143. The number of hydrogen-bond donors (Lipinski definition) is 1. The molecule has 3 heterocycles. The molecule has 174 valence electrons. The number of piperidine rings is 1. The van der Waals surface area contributed by atoms with E-state index in [4.69, 9.17) is 39.5 Å². The van der Waals surface area contributed by atoms with Crippen LogP contribution in [0.3, 0.4) is 0 Å². The third kappa shape index (κ3) is 5.76. The van der Waals surface area contributed by atoms with Gasteiger partial charge in [0.1, 0.15) is 9.64 Å². The van der Waals surface area contributed by atoms with E-state index in [1.807, 2.05) is 11.0 Å². The highest BCUT2D eigenvalue weighted by atomic mass is 35.5. The Balaban J connectivity index is 1.86. The Morgan fingerprint density at radius 2 is 2.03 bits per heavy atom. The summed E-state index contributed by atoms with van der Waals surface area (Å²) in [5.41, 5.74) is 0.805. The number of carbonyl (C=O) groups is 1. The molecule has 9 nitrogen and oxygen atoms in total. The molecule has 0 spiro atoms. The fourth-order valence-corrected chi connectivity index (χ4v) is 4.42. The lowest BCUT2D eigenvalue weighted by molar-refractivity contribution is -0.425. The molecule has 0 unspecified atom stereocenters. The van der Waals surface area contributed by atoms with Crippen LogP contribution in [0.4, 0.5) is 0 Å². The first kappa shape index (κ1) is 24.4. The fourth-order valence-electron chi connectivity index (χ4n) is 3.89. The van der Waals surface area contributed by atoms with Gasteiger partial charge in [0.15, 0.2) is 11.5 Å². The van der Waals surface area contributed by atoms with Crippen LogP contribution in [0.1, 0.15) is 25.3 Å². The molecule has 0 atom stereocenters. The number of ether oxygens (including phenoxy) is 1. The fraction of sp³-hybridized carbons (Fsp3) is 0.500. The molecular formula is C20H24Cl3N5O4. The maximum atomic E-state index is 12.2. The molecule has 0 aliphatic carbocycles. The summed E-state index contributed by atoms with van der Waals surface area (Å²) in [6, 6.07) is 3.50. The third-order valence-electron chi connectivity index (χ3n) is 5.39. The zero-order valence-electron chi connectivity index (χ0n) is 17.5. The second kappa shape index (κ2) is 11.1. The van der Waals surface area contributed by atoms with Gasteiger partial charge in [0.25, 0.3) is 0 Å². The lowest BCUT2D eigenvalue weighted by Gasteiger charge is -2.33. The summed E-state index contributed by atoms with van der Waals surface area (Å²) >= 11 is 18.2. The summed E-state index contributed by atoms with van der Waals surface area (Å²) in [5, 5.41) is 15.7. The zero-order valence-corrected chi connectivity index (χ0v) is 19.8. The van der Waals surface area contributed by atoms with Crippen molar-refractivity contribution in [2.24, 2.45) is 5.92 Å².